The number of nitrogens with zero attached hydrogens (tertiary/aromatic N) is 4. The van der Waals surface area contributed by atoms with E-state index in [0.717, 1.165) is 54.6 Å². The molecule has 1 saturated heterocycles. The molecular weight excluding hydrogens is 534 g/mol. The molecule has 0 radical (unpaired) electrons. The topological polar surface area (TPSA) is 77.9 Å². The zero-order valence-corrected chi connectivity index (χ0v) is 25.9. The number of hydrogen-bond acceptors (Lipinski definition) is 5. The van der Waals surface area contributed by atoms with Crippen LogP contribution in [0.1, 0.15) is 83.9 Å². The van der Waals surface area contributed by atoms with E-state index in [4.69, 9.17) is 14.7 Å². The summed E-state index contributed by atoms with van der Waals surface area (Å²) in [5.74, 6) is 0.817. The van der Waals surface area contributed by atoms with Crippen LogP contribution >= 0.6 is 0 Å². The van der Waals surface area contributed by atoms with Gasteiger partial charge in [0.1, 0.15) is 29.0 Å². The number of aromatic nitrogens is 2. The number of amidine groups is 1. The number of anilines is 2. The lowest BCUT2D eigenvalue weighted by Crippen LogP contribution is -2.27. The molecule has 0 atom stereocenters. The Morgan fingerprint density at radius 3 is 2.31 bits per heavy atom. The van der Waals surface area contributed by atoms with Crippen molar-refractivity contribution in [2.75, 3.05) is 30.5 Å². The van der Waals surface area contributed by atoms with Gasteiger partial charge in [-0.3, -0.25) is 10.1 Å². The lowest BCUT2D eigenvalue weighted by atomic mass is 9.91. The van der Waals surface area contributed by atoms with Crippen molar-refractivity contribution < 1.29 is 13.5 Å². The van der Waals surface area contributed by atoms with Crippen LogP contribution in [-0.2, 0) is 4.74 Å². The van der Waals surface area contributed by atoms with Gasteiger partial charge in [0.25, 0.3) is 0 Å². The largest absolute Gasteiger partial charge is 0.381 e. The third kappa shape index (κ3) is 7.24. The van der Waals surface area contributed by atoms with Crippen LogP contribution in [0.15, 0.2) is 62.5 Å². The highest BCUT2D eigenvalue weighted by molar-refractivity contribution is 5.96. The van der Waals surface area contributed by atoms with E-state index in [0.29, 0.717) is 36.3 Å². The summed E-state index contributed by atoms with van der Waals surface area (Å²) >= 11 is 0. The molecule has 7 nitrogen and oxygen atoms in total. The number of halogens is 2. The molecule has 0 bridgehead atoms. The van der Waals surface area contributed by atoms with E-state index in [1.807, 2.05) is 32.9 Å². The Morgan fingerprint density at radius 1 is 1.12 bits per heavy atom. The minimum absolute atomic E-state index is 0.0904. The van der Waals surface area contributed by atoms with Crippen molar-refractivity contribution in [1.29, 1.82) is 0 Å². The van der Waals surface area contributed by atoms with Crippen molar-refractivity contribution in [2.24, 2.45) is 15.9 Å². The maximum absolute atomic E-state index is 15.5. The molecule has 42 heavy (non-hydrogen) atoms. The van der Waals surface area contributed by atoms with Crippen LogP contribution in [0.2, 0.25) is 0 Å². The van der Waals surface area contributed by atoms with Gasteiger partial charge in [-0.2, -0.15) is 5.10 Å². The number of aryl methyl sites for hydroxylation is 1. The van der Waals surface area contributed by atoms with Gasteiger partial charge in [-0.15, -0.1) is 0 Å². The van der Waals surface area contributed by atoms with E-state index < -0.39 is 11.6 Å². The molecule has 1 aliphatic carbocycles. The normalized spacial score (nSPS) is 18.3. The van der Waals surface area contributed by atoms with E-state index in [2.05, 4.69) is 29.4 Å². The fourth-order valence-corrected chi connectivity index (χ4v) is 5.40. The number of aromatic amines is 1. The van der Waals surface area contributed by atoms with E-state index in [1.165, 1.54) is 22.6 Å². The minimum atomic E-state index is -0.603. The second-order valence-electron chi connectivity index (χ2n) is 11.1. The molecule has 0 unspecified atom stereocenters. The number of allylic oxidation sites excluding steroid dienone is 3. The average Bonchev–Trinajstić information content (AvgIpc) is 3.74. The van der Waals surface area contributed by atoms with Gasteiger partial charge in [-0.25, -0.2) is 13.8 Å². The van der Waals surface area contributed by atoms with Gasteiger partial charge in [0.15, 0.2) is 5.82 Å². The van der Waals surface area contributed by atoms with Gasteiger partial charge in [0.2, 0.25) is 0 Å². The van der Waals surface area contributed by atoms with Crippen molar-refractivity contribution in [1.82, 2.24) is 10.2 Å². The number of H-pyrrole nitrogens is 1. The van der Waals surface area contributed by atoms with Crippen molar-refractivity contribution in [3.63, 3.8) is 0 Å². The highest BCUT2D eigenvalue weighted by atomic mass is 19.1. The molecule has 9 heteroatoms. The monoisotopic (exact) mass is 578 g/mol. The molecule has 1 aliphatic heterocycles. The van der Waals surface area contributed by atoms with E-state index in [9.17, 15) is 0 Å². The van der Waals surface area contributed by atoms with Crippen molar-refractivity contribution in [3.8, 4) is 0 Å². The maximum atomic E-state index is 15.5. The van der Waals surface area contributed by atoms with Gasteiger partial charge in [0.05, 0.1) is 5.70 Å². The zero-order chi connectivity index (χ0) is 30.4. The van der Waals surface area contributed by atoms with Gasteiger partial charge in [-0.1, -0.05) is 18.6 Å². The molecule has 2 N–H and O–H groups in total. The van der Waals surface area contributed by atoms with Gasteiger partial charge < -0.3 is 15.0 Å². The number of nitrogens with one attached hydrogen (secondary N) is 2. The summed E-state index contributed by atoms with van der Waals surface area (Å²) in [6.45, 7) is 13.1. The SMILES string of the molecule is CC=NC(=C\C)/C(=C(/C)CC)C(=C(\N=C(/C)N(C)c1c(F)cc(C2CCOCC2)cc1F)Nc1cc(C)[nH]n1)/C1CC1. The van der Waals surface area contributed by atoms with Crippen LogP contribution in [0, 0.1) is 24.5 Å². The first-order valence-electron chi connectivity index (χ1n) is 14.9. The lowest BCUT2D eigenvalue weighted by molar-refractivity contribution is 0.0852. The van der Waals surface area contributed by atoms with E-state index in [1.54, 1.807) is 20.2 Å². The molecule has 0 spiro atoms. The highest BCUT2D eigenvalue weighted by Gasteiger charge is 2.34. The Bertz CT molecular complexity index is 1400. The Hall–Kier alpha value is -3.59. The number of hydrogen-bond donors (Lipinski definition) is 2. The van der Waals surface area contributed by atoms with E-state index in [-0.39, 0.29) is 17.5 Å². The molecule has 2 fully saturated rings. The standard InChI is InChI=1S/C33H44F2N6O/c1-8-20(4)30(28(9-2)36-10-3)31(24-11-12-24)33(38-29-17-21(5)39-40-29)37-22(6)41(7)32-26(34)18-25(19-27(32)35)23-13-15-42-16-14-23/h9-10,17-19,23-24H,8,11-16H2,1-7H3,(H2,38,39,40)/b28-9-,30-20+,33-31+,36-10?,37-22+. The van der Waals surface area contributed by atoms with Gasteiger partial charge in [0, 0.05) is 49.4 Å². The van der Waals surface area contributed by atoms with Crippen LogP contribution < -0.4 is 10.2 Å². The van der Waals surface area contributed by atoms with E-state index >= 15 is 8.78 Å². The summed E-state index contributed by atoms with van der Waals surface area (Å²) in [5.41, 5.74) is 5.60. The van der Waals surface area contributed by atoms with Gasteiger partial charge >= 0.3 is 0 Å². The molecule has 4 rings (SSSR count). The zero-order valence-electron chi connectivity index (χ0n) is 25.9. The summed E-state index contributed by atoms with van der Waals surface area (Å²) in [6.07, 6.45) is 8.22. The molecule has 226 valence electrons. The van der Waals surface area contributed by atoms with Crippen LogP contribution in [0.5, 0.6) is 0 Å². The van der Waals surface area contributed by atoms with Crippen LogP contribution in [0.4, 0.5) is 20.3 Å². The van der Waals surface area contributed by atoms with Crippen LogP contribution in [-0.4, -0.2) is 42.5 Å². The summed E-state index contributed by atoms with van der Waals surface area (Å²) in [7, 11) is 1.65. The first kappa shape index (κ1) is 31.3. The Morgan fingerprint density at radius 2 is 1.79 bits per heavy atom. The summed E-state index contributed by atoms with van der Waals surface area (Å²) in [5, 5.41) is 10.8. The number of benzene rings is 1. The summed E-state index contributed by atoms with van der Waals surface area (Å²) < 4.78 is 36.5. The summed E-state index contributed by atoms with van der Waals surface area (Å²) in [4.78, 5) is 11.2. The number of aliphatic imine (C=N–C) groups is 2. The molecule has 1 aromatic heterocycles. The lowest BCUT2D eigenvalue weighted by Gasteiger charge is -2.25. The quantitative estimate of drug-likeness (QED) is 0.169. The predicted molar refractivity (Wildman–Crippen MR) is 168 cm³/mol. The van der Waals surface area contributed by atoms with Crippen LogP contribution in [0.3, 0.4) is 0 Å². The predicted octanol–water partition coefficient (Wildman–Crippen LogP) is 8.20. The van der Waals surface area contributed by atoms with Gasteiger partial charge in [-0.05, 0) is 96.3 Å². The van der Waals surface area contributed by atoms with Crippen LogP contribution in [0.25, 0.3) is 0 Å². The molecule has 1 aromatic carbocycles. The Kier molecular flexibility index (Phi) is 10.5. The molecule has 2 aliphatic rings. The third-order valence-electron chi connectivity index (χ3n) is 8.04. The molecule has 2 heterocycles. The maximum Gasteiger partial charge on any atom is 0.153 e. The minimum Gasteiger partial charge on any atom is -0.381 e. The Balaban J connectivity index is 1.83. The molecular formula is C33H44F2N6O. The second kappa shape index (κ2) is 14.1. The fraction of sp³-hybridized carbons (Fsp3) is 0.485. The molecule has 1 saturated carbocycles. The molecule has 0 amide bonds. The smallest absolute Gasteiger partial charge is 0.153 e. The number of ether oxygens (including phenoxy) is 1. The second-order valence-corrected chi connectivity index (χ2v) is 11.1. The first-order valence-corrected chi connectivity index (χ1v) is 14.9. The summed E-state index contributed by atoms with van der Waals surface area (Å²) in [6, 6.07) is 4.83. The van der Waals surface area contributed by atoms with Crippen molar-refractivity contribution >= 4 is 23.6 Å². The van der Waals surface area contributed by atoms with Crippen molar-refractivity contribution in [2.45, 2.75) is 79.6 Å². The highest BCUT2D eigenvalue weighted by Crippen LogP contribution is 2.45. The Labute approximate surface area is 248 Å². The first-order chi connectivity index (χ1) is 20.2. The number of rotatable bonds is 10. The fourth-order valence-electron chi connectivity index (χ4n) is 5.40. The molecule has 2 aromatic rings. The average molecular weight is 579 g/mol. The third-order valence-corrected chi connectivity index (χ3v) is 8.04. The van der Waals surface area contributed by atoms with Crippen molar-refractivity contribution in [3.05, 3.63) is 75.4 Å².